The first kappa shape index (κ1) is 18.8. The molecule has 0 atom stereocenters. The third-order valence-corrected chi connectivity index (χ3v) is 7.29. The Balaban J connectivity index is 1.44. The van der Waals surface area contributed by atoms with Crippen LogP contribution in [0.4, 0.5) is 9.52 Å². The van der Waals surface area contributed by atoms with Crippen molar-refractivity contribution in [2.45, 2.75) is 26.3 Å². The molecule has 4 rings (SSSR count). The van der Waals surface area contributed by atoms with E-state index in [4.69, 9.17) is 11.6 Å². The molecule has 1 N–H and O–H groups in total. The zero-order valence-corrected chi connectivity index (χ0v) is 17.2. The number of halogens is 2. The number of rotatable bonds is 4. The van der Waals surface area contributed by atoms with Gasteiger partial charge in [-0.1, -0.05) is 18.5 Å². The second-order valence-electron chi connectivity index (χ2n) is 6.94. The minimum absolute atomic E-state index is 0.311. The van der Waals surface area contributed by atoms with Crippen LogP contribution in [-0.4, -0.2) is 28.9 Å². The number of benzene rings is 1. The van der Waals surface area contributed by atoms with E-state index in [1.54, 1.807) is 6.07 Å². The Bertz CT molecular complexity index is 979. The lowest BCUT2D eigenvalue weighted by molar-refractivity contribution is 0.103. The number of carbonyl (C=O) groups is 1. The number of fused-ring (bicyclic) bond motifs is 1. The fraction of sp³-hybridized carbons (Fsp3) is 0.368. The van der Waals surface area contributed by atoms with Gasteiger partial charge in [-0.3, -0.25) is 15.0 Å². The first-order valence-corrected chi connectivity index (χ1v) is 10.9. The van der Waals surface area contributed by atoms with E-state index in [1.807, 2.05) is 5.38 Å². The molecule has 142 valence electrons. The monoisotopic (exact) mass is 423 g/mol. The number of hydrogen-bond acceptors (Lipinski definition) is 5. The fourth-order valence-electron chi connectivity index (χ4n) is 3.23. The lowest BCUT2D eigenvalue weighted by atomic mass is 9.99. The Morgan fingerprint density at radius 3 is 2.96 bits per heavy atom. The molecule has 0 spiro atoms. The lowest BCUT2D eigenvalue weighted by Gasteiger charge is -2.29. The number of amides is 1. The third kappa shape index (κ3) is 4.16. The van der Waals surface area contributed by atoms with Crippen molar-refractivity contribution in [2.24, 2.45) is 5.92 Å². The molecule has 0 aliphatic carbocycles. The summed E-state index contributed by atoms with van der Waals surface area (Å²) in [5.74, 6) is 0.143. The van der Waals surface area contributed by atoms with Gasteiger partial charge in [0.1, 0.15) is 10.7 Å². The number of thiazole rings is 1. The van der Waals surface area contributed by atoms with Gasteiger partial charge in [-0.05, 0) is 50.0 Å². The van der Waals surface area contributed by atoms with Crippen molar-refractivity contribution in [1.29, 1.82) is 0 Å². The number of aromatic nitrogens is 1. The first-order valence-electron chi connectivity index (χ1n) is 8.85. The second kappa shape index (κ2) is 7.83. The van der Waals surface area contributed by atoms with Gasteiger partial charge < -0.3 is 0 Å². The van der Waals surface area contributed by atoms with Crippen molar-refractivity contribution in [2.75, 3.05) is 18.4 Å². The molecule has 1 saturated heterocycles. The van der Waals surface area contributed by atoms with Crippen LogP contribution in [0.25, 0.3) is 10.1 Å². The summed E-state index contributed by atoms with van der Waals surface area (Å²) in [7, 11) is 0. The second-order valence-corrected chi connectivity index (χ2v) is 9.23. The molecule has 27 heavy (non-hydrogen) atoms. The molecule has 1 aliphatic rings. The summed E-state index contributed by atoms with van der Waals surface area (Å²) >= 11 is 8.91. The zero-order valence-electron chi connectivity index (χ0n) is 14.8. The maximum Gasteiger partial charge on any atom is 0.269 e. The van der Waals surface area contributed by atoms with E-state index in [0.29, 0.717) is 25.1 Å². The molecule has 0 unspecified atom stereocenters. The number of nitrogens with one attached hydrogen (secondary N) is 1. The molecule has 0 bridgehead atoms. The van der Waals surface area contributed by atoms with Crippen LogP contribution in [-0.2, 0) is 6.54 Å². The minimum Gasteiger partial charge on any atom is -0.297 e. The van der Waals surface area contributed by atoms with E-state index in [2.05, 4.69) is 22.1 Å². The van der Waals surface area contributed by atoms with Crippen LogP contribution in [0.1, 0.15) is 35.1 Å². The van der Waals surface area contributed by atoms with Crippen LogP contribution < -0.4 is 5.32 Å². The predicted octanol–water partition coefficient (Wildman–Crippen LogP) is 5.63. The summed E-state index contributed by atoms with van der Waals surface area (Å²) in [6.07, 6.45) is 2.44. The standard InChI is InChI=1S/C19H19ClFN3OS2/c1-11-4-6-24(7-5-11)9-13-10-26-19(22-13)23-18(25)17-16(20)14-3-2-12(21)8-15(14)27-17/h2-3,8,10-11H,4-7,9H2,1H3,(H,22,23,25). The molecule has 1 amide bonds. The van der Waals surface area contributed by atoms with E-state index >= 15 is 0 Å². The molecule has 3 aromatic rings. The molecular formula is C19H19ClFN3OS2. The van der Waals surface area contributed by atoms with Gasteiger partial charge in [0.05, 0.1) is 10.7 Å². The average molecular weight is 424 g/mol. The SMILES string of the molecule is CC1CCN(Cc2csc(NC(=O)c3sc4cc(F)ccc4c3Cl)n2)CC1. The van der Waals surface area contributed by atoms with E-state index in [0.717, 1.165) is 31.2 Å². The van der Waals surface area contributed by atoms with Crippen molar-refractivity contribution in [3.8, 4) is 0 Å². The number of thiophene rings is 1. The topological polar surface area (TPSA) is 45.2 Å². The summed E-state index contributed by atoms with van der Waals surface area (Å²) in [6.45, 7) is 5.28. The van der Waals surface area contributed by atoms with Crippen LogP contribution in [0.2, 0.25) is 5.02 Å². The van der Waals surface area contributed by atoms with E-state index in [-0.39, 0.29) is 11.7 Å². The summed E-state index contributed by atoms with van der Waals surface area (Å²) in [5.41, 5.74) is 0.967. The van der Waals surface area contributed by atoms with Gasteiger partial charge in [-0.15, -0.1) is 22.7 Å². The summed E-state index contributed by atoms with van der Waals surface area (Å²) < 4.78 is 14.0. The van der Waals surface area contributed by atoms with Crippen molar-refractivity contribution in [1.82, 2.24) is 9.88 Å². The zero-order chi connectivity index (χ0) is 19.0. The van der Waals surface area contributed by atoms with E-state index in [1.165, 1.54) is 47.6 Å². The number of hydrogen-bond donors (Lipinski definition) is 1. The largest absolute Gasteiger partial charge is 0.297 e. The first-order chi connectivity index (χ1) is 13.0. The number of likely N-dealkylation sites (tertiary alicyclic amines) is 1. The Morgan fingerprint density at radius 2 is 2.19 bits per heavy atom. The molecular weight excluding hydrogens is 405 g/mol. The molecule has 0 saturated carbocycles. The van der Waals surface area contributed by atoms with Crippen LogP contribution in [0.3, 0.4) is 0 Å². The van der Waals surface area contributed by atoms with Gasteiger partial charge in [0, 0.05) is 22.0 Å². The molecule has 4 nitrogen and oxygen atoms in total. The molecule has 8 heteroatoms. The number of anilines is 1. The van der Waals surface area contributed by atoms with Crippen LogP contribution in [0.15, 0.2) is 23.6 Å². The highest BCUT2D eigenvalue weighted by Gasteiger charge is 2.20. The quantitative estimate of drug-likeness (QED) is 0.591. The highest BCUT2D eigenvalue weighted by Crippen LogP contribution is 2.36. The number of carbonyl (C=O) groups excluding carboxylic acids is 1. The van der Waals surface area contributed by atoms with Crippen LogP contribution >= 0.6 is 34.3 Å². The normalized spacial score (nSPS) is 16.1. The van der Waals surface area contributed by atoms with Crippen molar-refractivity contribution in [3.05, 3.63) is 45.0 Å². The third-order valence-electron chi connectivity index (χ3n) is 4.83. The Hall–Kier alpha value is -1.54. The maximum absolute atomic E-state index is 13.4. The van der Waals surface area contributed by atoms with Gasteiger partial charge >= 0.3 is 0 Å². The highest BCUT2D eigenvalue weighted by atomic mass is 35.5. The molecule has 1 aromatic carbocycles. The van der Waals surface area contributed by atoms with Crippen LogP contribution in [0.5, 0.6) is 0 Å². The van der Waals surface area contributed by atoms with Crippen molar-refractivity contribution >= 4 is 55.4 Å². The van der Waals surface area contributed by atoms with E-state index in [9.17, 15) is 9.18 Å². The van der Waals surface area contributed by atoms with Crippen molar-refractivity contribution < 1.29 is 9.18 Å². The number of piperidine rings is 1. The summed E-state index contributed by atoms with van der Waals surface area (Å²) in [5, 5.41) is 6.40. The summed E-state index contributed by atoms with van der Waals surface area (Å²) in [6, 6.07) is 4.34. The molecule has 3 heterocycles. The average Bonchev–Trinajstić information content (AvgIpc) is 3.21. The maximum atomic E-state index is 13.4. The van der Waals surface area contributed by atoms with Gasteiger partial charge in [0.15, 0.2) is 5.13 Å². The van der Waals surface area contributed by atoms with Gasteiger partial charge in [-0.25, -0.2) is 9.37 Å². The van der Waals surface area contributed by atoms with Crippen LogP contribution in [0, 0.1) is 11.7 Å². The molecule has 1 fully saturated rings. The molecule has 1 aliphatic heterocycles. The molecule has 0 radical (unpaired) electrons. The molecule has 2 aromatic heterocycles. The summed E-state index contributed by atoms with van der Waals surface area (Å²) in [4.78, 5) is 19.9. The lowest BCUT2D eigenvalue weighted by Crippen LogP contribution is -2.32. The Kier molecular flexibility index (Phi) is 5.45. The van der Waals surface area contributed by atoms with E-state index < -0.39 is 0 Å². The fourth-order valence-corrected chi connectivity index (χ4v) is 5.36. The Morgan fingerprint density at radius 1 is 1.41 bits per heavy atom. The van der Waals surface area contributed by atoms with Crippen molar-refractivity contribution in [3.63, 3.8) is 0 Å². The highest BCUT2D eigenvalue weighted by molar-refractivity contribution is 7.21. The predicted molar refractivity (Wildman–Crippen MR) is 111 cm³/mol. The van der Waals surface area contributed by atoms with Gasteiger partial charge in [0.2, 0.25) is 0 Å². The van der Waals surface area contributed by atoms with Gasteiger partial charge in [0.25, 0.3) is 5.91 Å². The minimum atomic E-state index is -0.343. The Labute approximate surface area is 170 Å². The number of nitrogens with zero attached hydrogens (tertiary/aromatic N) is 2. The van der Waals surface area contributed by atoms with Gasteiger partial charge in [-0.2, -0.15) is 0 Å². The smallest absolute Gasteiger partial charge is 0.269 e.